The third kappa shape index (κ3) is 3.36. The van der Waals surface area contributed by atoms with Crippen LogP contribution >= 0.6 is 0 Å². The van der Waals surface area contributed by atoms with E-state index in [4.69, 9.17) is 5.73 Å². The topological polar surface area (TPSA) is 132 Å². The summed E-state index contributed by atoms with van der Waals surface area (Å²) in [5.41, 5.74) is 8.62. The van der Waals surface area contributed by atoms with E-state index in [9.17, 15) is 14.9 Å². The van der Waals surface area contributed by atoms with Crippen molar-refractivity contribution >= 4 is 23.2 Å². The minimum absolute atomic E-state index is 0.00683. The molecule has 1 saturated carbocycles. The van der Waals surface area contributed by atoms with Crippen LogP contribution in [-0.4, -0.2) is 36.5 Å². The first-order valence-electron chi connectivity index (χ1n) is 10.5. The Bertz CT molecular complexity index is 1440. The van der Waals surface area contributed by atoms with Crippen LogP contribution in [0.4, 0.5) is 0 Å². The lowest BCUT2D eigenvalue weighted by atomic mass is 9.57. The molecule has 0 atom stereocenters. The smallest absolute Gasteiger partial charge is 0.267 e. The SMILES string of the molecule is Cn1cnnc1CC1(c2cccc(-n3ccc4nc(C(N)=O)cc(C=O)c43)c2)CC(C#N)C1. The van der Waals surface area contributed by atoms with E-state index < -0.39 is 5.91 Å². The van der Waals surface area contributed by atoms with Crippen LogP contribution < -0.4 is 5.73 Å². The second kappa shape index (κ2) is 7.67. The Kier molecular flexibility index (Phi) is 4.78. The molecule has 3 aromatic heterocycles. The molecule has 0 saturated heterocycles. The molecule has 0 unspecified atom stereocenters. The number of aryl methyl sites for hydroxylation is 1. The largest absolute Gasteiger partial charge is 0.364 e. The molecule has 0 radical (unpaired) electrons. The summed E-state index contributed by atoms with van der Waals surface area (Å²) in [5.74, 6) is 0.194. The molecular weight excluding hydrogens is 418 g/mol. The maximum absolute atomic E-state index is 11.8. The molecular formula is C24H21N7O2. The van der Waals surface area contributed by atoms with Gasteiger partial charge in [0.2, 0.25) is 0 Å². The van der Waals surface area contributed by atoms with E-state index in [1.54, 1.807) is 12.4 Å². The zero-order valence-electron chi connectivity index (χ0n) is 18.0. The van der Waals surface area contributed by atoms with E-state index in [0.29, 0.717) is 29.3 Å². The molecule has 2 N–H and O–H groups in total. The molecule has 5 rings (SSSR count). The molecule has 9 nitrogen and oxygen atoms in total. The summed E-state index contributed by atoms with van der Waals surface area (Å²) in [4.78, 5) is 27.7. The number of nitrogens with two attached hydrogens (primary N) is 1. The maximum Gasteiger partial charge on any atom is 0.267 e. The monoisotopic (exact) mass is 439 g/mol. The highest BCUT2D eigenvalue weighted by molar-refractivity contribution is 6.00. The fourth-order valence-corrected chi connectivity index (χ4v) is 4.82. The Morgan fingerprint density at radius 2 is 2.15 bits per heavy atom. The number of fused-ring (bicyclic) bond motifs is 1. The van der Waals surface area contributed by atoms with Gasteiger partial charge in [-0.25, -0.2) is 4.98 Å². The van der Waals surface area contributed by atoms with Crippen LogP contribution in [0.5, 0.6) is 0 Å². The van der Waals surface area contributed by atoms with Gasteiger partial charge in [0.25, 0.3) is 5.91 Å². The molecule has 164 valence electrons. The third-order valence-electron chi connectivity index (χ3n) is 6.55. The molecule has 0 spiro atoms. The van der Waals surface area contributed by atoms with Gasteiger partial charge in [-0.05, 0) is 42.7 Å². The third-order valence-corrected chi connectivity index (χ3v) is 6.55. The van der Waals surface area contributed by atoms with Gasteiger partial charge in [-0.2, -0.15) is 5.26 Å². The molecule has 4 aromatic rings. The normalized spacial score (nSPS) is 19.7. The summed E-state index contributed by atoms with van der Waals surface area (Å²) in [6, 6.07) is 13.6. The molecule has 1 aliphatic carbocycles. The van der Waals surface area contributed by atoms with Crippen LogP contribution in [0, 0.1) is 17.2 Å². The van der Waals surface area contributed by atoms with Gasteiger partial charge in [0.1, 0.15) is 17.8 Å². The average molecular weight is 439 g/mol. The van der Waals surface area contributed by atoms with Crippen LogP contribution in [0.1, 0.15) is 45.1 Å². The first-order chi connectivity index (χ1) is 15.9. The van der Waals surface area contributed by atoms with Crippen LogP contribution in [-0.2, 0) is 18.9 Å². The molecule has 3 heterocycles. The fraction of sp³-hybridized carbons (Fsp3) is 0.250. The highest BCUT2D eigenvalue weighted by Gasteiger charge is 2.46. The van der Waals surface area contributed by atoms with Crippen molar-refractivity contribution in [3.8, 4) is 11.8 Å². The lowest BCUT2D eigenvalue weighted by Gasteiger charge is -2.45. The zero-order valence-corrected chi connectivity index (χ0v) is 18.0. The van der Waals surface area contributed by atoms with E-state index >= 15 is 0 Å². The van der Waals surface area contributed by atoms with Gasteiger partial charge < -0.3 is 14.9 Å². The predicted octanol–water partition coefficient (Wildman–Crippen LogP) is 2.48. The summed E-state index contributed by atoms with van der Waals surface area (Å²) in [7, 11) is 1.92. The van der Waals surface area contributed by atoms with Crippen molar-refractivity contribution in [3.63, 3.8) is 0 Å². The number of carbonyl (C=O) groups excluding carboxylic acids is 2. The Hall–Kier alpha value is -4.32. The molecule has 1 amide bonds. The minimum atomic E-state index is -0.683. The van der Waals surface area contributed by atoms with Crippen molar-refractivity contribution in [2.75, 3.05) is 0 Å². The summed E-state index contributed by atoms with van der Waals surface area (Å²) < 4.78 is 3.79. The number of nitriles is 1. The van der Waals surface area contributed by atoms with E-state index in [-0.39, 0.29) is 17.0 Å². The second-order valence-corrected chi connectivity index (χ2v) is 8.60. The van der Waals surface area contributed by atoms with E-state index in [0.717, 1.165) is 29.9 Å². The van der Waals surface area contributed by atoms with Gasteiger partial charge >= 0.3 is 0 Å². The van der Waals surface area contributed by atoms with E-state index in [2.05, 4.69) is 33.4 Å². The van der Waals surface area contributed by atoms with Crippen molar-refractivity contribution in [1.29, 1.82) is 5.26 Å². The molecule has 1 aromatic carbocycles. The van der Waals surface area contributed by atoms with Gasteiger partial charge in [0, 0.05) is 42.2 Å². The van der Waals surface area contributed by atoms with Crippen LogP contribution in [0.2, 0.25) is 0 Å². The summed E-state index contributed by atoms with van der Waals surface area (Å²) >= 11 is 0. The van der Waals surface area contributed by atoms with Crippen molar-refractivity contribution in [2.24, 2.45) is 18.7 Å². The Morgan fingerprint density at radius 1 is 1.33 bits per heavy atom. The van der Waals surface area contributed by atoms with Crippen LogP contribution in [0.3, 0.4) is 0 Å². The number of nitrogens with zero attached hydrogens (tertiary/aromatic N) is 6. The first-order valence-corrected chi connectivity index (χ1v) is 10.5. The van der Waals surface area contributed by atoms with Crippen LogP contribution in [0.25, 0.3) is 16.7 Å². The van der Waals surface area contributed by atoms with E-state index in [1.807, 2.05) is 34.5 Å². The highest BCUT2D eigenvalue weighted by atomic mass is 16.1. The molecule has 9 heteroatoms. The van der Waals surface area contributed by atoms with Crippen molar-refractivity contribution < 1.29 is 9.59 Å². The van der Waals surface area contributed by atoms with Gasteiger partial charge in [0.15, 0.2) is 6.29 Å². The fourth-order valence-electron chi connectivity index (χ4n) is 4.82. The van der Waals surface area contributed by atoms with Crippen molar-refractivity contribution in [3.05, 3.63) is 71.6 Å². The number of aldehydes is 1. The number of amides is 1. The second-order valence-electron chi connectivity index (χ2n) is 8.60. The molecule has 1 fully saturated rings. The molecule has 0 bridgehead atoms. The summed E-state index contributed by atoms with van der Waals surface area (Å²) in [6.45, 7) is 0. The quantitative estimate of drug-likeness (QED) is 0.459. The number of hydrogen-bond donors (Lipinski definition) is 1. The Balaban J connectivity index is 1.60. The zero-order chi connectivity index (χ0) is 23.2. The summed E-state index contributed by atoms with van der Waals surface area (Å²) in [5, 5.41) is 17.7. The van der Waals surface area contributed by atoms with E-state index in [1.165, 1.54) is 6.07 Å². The lowest BCUT2D eigenvalue weighted by Crippen LogP contribution is -2.43. The predicted molar refractivity (Wildman–Crippen MR) is 120 cm³/mol. The Morgan fingerprint density at radius 3 is 2.82 bits per heavy atom. The summed E-state index contributed by atoms with van der Waals surface area (Å²) in [6.07, 6.45) is 6.38. The van der Waals surface area contributed by atoms with Gasteiger partial charge in [-0.15, -0.1) is 10.2 Å². The van der Waals surface area contributed by atoms with Crippen molar-refractivity contribution in [2.45, 2.75) is 24.7 Å². The number of benzene rings is 1. The first kappa shape index (κ1) is 20.6. The number of pyridine rings is 1. The standard InChI is InChI=1S/C24H21N7O2/c1-30-14-27-29-21(30)11-24(9-15(10-24)12-25)17-3-2-4-18(8-17)31-6-5-19-22(31)16(13-32)7-20(28-19)23(26)33/h2-8,13-15H,9-11H2,1H3,(H2,26,33). The maximum atomic E-state index is 11.8. The number of rotatable bonds is 6. The van der Waals surface area contributed by atoms with Crippen LogP contribution in [0.15, 0.2) is 48.9 Å². The number of primary amides is 1. The average Bonchev–Trinajstić information content (AvgIpc) is 3.41. The molecule has 0 aliphatic heterocycles. The highest BCUT2D eigenvalue weighted by Crippen LogP contribution is 2.50. The van der Waals surface area contributed by atoms with Crippen molar-refractivity contribution in [1.82, 2.24) is 24.3 Å². The number of hydrogen-bond acceptors (Lipinski definition) is 6. The molecule has 1 aliphatic rings. The van der Waals surface area contributed by atoms with Gasteiger partial charge in [0.05, 0.1) is 17.1 Å². The lowest BCUT2D eigenvalue weighted by molar-refractivity contribution is 0.0996. The Labute approximate surface area is 189 Å². The number of carbonyl (C=O) groups is 2. The number of aromatic nitrogens is 5. The molecule has 33 heavy (non-hydrogen) atoms. The van der Waals surface area contributed by atoms with Gasteiger partial charge in [-0.1, -0.05) is 12.1 Å². The minimum Gasteiger partial charge on any atom is -0.364 e. The van der Waals surface area contributed by atoms with Gasteiger partial charge in [-0.3, -0.25) is 9.59 Å².